The maximum absolute atomic E-state index is 12.6. The molecule has 1 aromatic carbocycles. The van der Waals surface area contributed by atoms with Gasteiger partial charge in [-0.3, -0.25) is 4.79 Å². The molecule has 4 heteroatoms. The molecule has 0 heterocycles. The topological polar surface area (TPSA) is 41.5 Å². The Morgan fingerprint density at radius 3 is 2.38 bits per heavy atom. The smallest absolute Gasteiger partial charge is 0.267 e. The lowest BCUT2D eigenvalue weighted by Gasteiger charge is -2.04. The van der Waals surface area contributed by atoms with Gasteiger partial charge in [-0.25, -0.2) is 9.82 Å². The zero-order valence-corrected chi connectivity index (χ0v) is 9.62. The Labute approximate surface area is 94.4 Å². The highest BCUT2D eigenvalue weighted by molar-refractivity contribution is 5.95. The van der Waals surface area contributed by atoms with E-state index >= 15 is 0 Å². The van der Waals surface area contributed by atoms with E-state index in [0.29, 0.717) is 5.56 Å². The van der Waals surface area contributed by atoms with Crippen LogP contribution in [0.2, 0.25) is 0 Å². The fourth-order valence-electron chi connectivity index (χ4n) is 0.934. The largest absolute Gasteiger partial charge is 0.271 e. The van der Waals surface area contributed by atoms with Crippen LogP contribution in [0.4, 0.5) is 4.39 Å². The van der Waals surface area contributed by atoms with E-state index < -0.39 is 0 Å². The Morgan fingerprint density at radius 1 is 1.31 bits per heavy atom. The highest BCUT2D eigenvalue weighted by Gasteiger charge is 2.05. The number of benzene rings is 1. The normalized spacial score (nSPS) is 11.7. The van der Waals surface area contributed by atoms with Crippen molar-refractivity contribution in [3.63, 3.8) is 0 Å². The van der Waals surface area contributed by atoms with E-state index in [2.05, 4.69) is 10.5 Å². The van der Waals surface area contributed by atoms with Gasteiger partial charge in [0, 0.05) is 11.3 Å². The average Bonchev–Trinajstić information content (AvgIpc) is 2.26. The van der Waals surface area contributed by atoms with Crippen LogP contribution in [-0.4, -0.2) is 11.6 Å². The van der Waals surface area contributed by atoms with Crippen LogP contribution in [0.15, 0.2) is 29.4 Å². The Morgan fingerprint density at radius 2 is 1.88 bits per heavy atom. The highest BCUT2D eigenvalue weighted by atomic mass is 19.1. The second-order valence-electron chi connectivity index (χ2n) is 3.86. The molecule has 0 radical (unpaired) electrons. The van der Waals surface area contributed by atoms with Gasteiger partial charge in [-0.15, -0.1) is 0 Å². The van der Waals surface area contributed by atoms with E-state index in [4.69, 9.17) is 0 Å². The van der Waals surface area contributed by atoms with Crippen LogP contribution >= 0.6 is 0 Å². The molecule has 0 unspecified atom stereocenters. The zero-order valence-electron chi connectivity index (χ0n) is 9.62. The number of halogens is 1. The van der Waals surface area contributed by atoms with Crippen LogP contribution in [0.1, 0.15) is 31.1 Å². The van der Waals surface area contributed by atoms with Crippen LogP contribution < -0.4 is 5.43 Å². The van der Waals surface area contributed by atoms with Gasteiger partial charge in [0.05, 0.1) is 0 Å². The predicted molar refractivity (Wildman–Crippen MR) is 61.8 cm³/mol. The monoisotopic (exact) mass is 222 g/mol. The fraction of sp³-hybridized carbons (Fsp3) is 0.333. The molecule has 86 valence electrons. The van der Waals surface area contributed by atoms with Gasteiger partial charge >= 0.3 is 0 Å². The second kappa shape index (κ2) is 5.39. The first-order valence-corrected chi connectivity index (χ1v) is 5.11. The van der Waals surface area contributed by atoms with E-state index in [9.17, 15) is 9.18 Å². The Kier molecular flexibility index (Phi) is 4.17. The highest BCUT2D eigenvalue weighted by Crippen LogP contribution is 2.02. The first kappa shape index (κ1) is 12.4. The van der Waals surface area contributed by atoms with Crippen molar-refractivity contribution < 1.29 is 9.18 Å². The molecular weight excluding hydrogens is 207 g/mol. The van der Waals surface area contributed by atoms with Crippen molar-refractivity contribution in [3.8, 4) is 0 Å². The van der Waals surface area contributed by atoms with Crippen molar-refractivity contribution in [3.05, 3.63) is 35.6 Å². The van der Waals surface area contributed by atoms with E-state index in [1.807, 2.05) is 20.8 Å². The molecule has 0 aliphatic carbocycles. The third kappa shape index (κ3) is 3.46. The summed E-state index contributed by atoms with van der Waals surface area (Å²) in [6, 6.07) is 5.33. The van der Waals surface area contributed by atoms with Crippen LogP contribution in [0.5, 0.6) is 0 Å². The van der Waals surface area contributed by atoms with Crippen LogP contribution in [0.25, 0.3) is 0 Å². The minimum atomic E-state index is -0.363. The molecule has 1 aromatic rings. The van der Waals surface area contributed by atoms with Crippen molar-refractivity contribution >= 4 is 11.6 Å². The fourth-order valence-corrected chi connectivity index (χ4v) is 0.934. The molecule has 0 atom stereocenters. The number of carbonyl (C=O) groups excluding carboxylic acids is 1. The summed E-state index contributed by atoms with van der Waals surface area (Å²) < 4.78 is 12.6. The standard InChI is InChI=1S/C12H15FN2O/c1-8(2)9(3)14-15-12(16)10-4-6-11(13)7-5-10/h4-8H,1-3H3,(H,15,16)/b14-9+. The second-order valence-corrected chi connectivity index (χ2v) is 3.86. The molecule has 0 bridgehead atoms. The summed E-state index contributed by atoms with van der Waals surface area (Å²) in [4.78, 5) is 11.5. The summed E-state index contributed by atoms with van der Waals surface area (Å²) in [5.41, 5.74) is 3.66. The molecule has 16 heavy (non-hydrogen) atoms. The van der Waals surface area contributed by atoms with Crippen molar-refractivity contribution in [1.82, 2.24) is 5.43 Å². The number of hydrogen-bond donors (Lipinski definition) is 1. The average molecular weight is 222 g/mol. The van der Waals surface area contributed by atoms with Gasteiger partial charge in [0.15, 0.2) is 0 Å². The first-order chi connectivity index (χ1) is 7.50. The maximum atomic E-state index is 12.6. The molecule has 0 saturated carbocycles. The minimum Gasteiger partial charge on any atom is -0.267 e. The SMILES string of the molecule is C/C(=N\NC(=O)c1ccc(F)cc1)C(C)C. The van der Waals surface area contributed by atoms with Crippen molar-refractivity contribution in [2.45, 2.75) is 20.8 Å². The Bertz CT molecular complexity index is 396. The third-order valence-corrected chi connectivity index (χ3v) is 2.28. The molecule has 0 aliphatic rings. The van der Waals surface area contributed by atoms with Crippen LogP contribution in [-0.2, 0) is 0 Å². The molecular formula is C12H15FN2O. The minimum absolute atomic E-state index is 0.286. The van der Waals surface area contributed by atoms with Gasteiger partial charge in [-0.2, -0.15) is 5.10 Å². The number of rotatable bonds is 3. The molecule has 0 aliphatic heterocycles. The Balaban J connectivity index is 2.66. The van der Waals surface area contributed by atoms with E-state index in [1.54, 1.807) is 0 Å². The summed E-state index contributed by atoms with van der Waals surface area (Å²) >= 11 is 0. The summed E-state index contributed by atoms with van der Waals surface area (Å²) in [7, 11) is 0. The van der Waals surface area contributed by atoms with Crippen molar-refractivity contribution in [2.75, 3.05) is 0 Å². The molecule has 1 N–H and O–H groups in total. The van der Waals surface area contributed by atoms with Gasteiger partial charge < -0.3 is 0 Å². The zero-order chi connectivity index (χ0) is 12.1. The number of hydrogen-bond acceptors (Lipinski definition) is 2. The molecule has 1 amide bonds. The third-order valence-electron chi connectivity index (χ3n) is 2.28. The molecule has 0 fully saturated rings. The Hall–Kier alpha value is -1.71. The van der Waals surface area contributed by atoms with Gasteiger partial charge in [0.1, 0.15) is 5.82 Å². The van der Waals surface area contributed by atoms with E-state index in [0.717, 1.165) is 5.71 Å². The summed E-state index contributed by atoms with van der Waals surface area (Å²) in [5.74, 6) is -0.410. The van der Waals surface area contributed by atoms with Crippen LogP contribution in [0, 0.1) is 11.7 Å². The predicted octanol–water partition coefficient (Wildman–Crippen LogP) is 2.59. The first-order valence-electron chi connectivity index (χ1n) is 5.11. The quantitative estimate of drug-likeness (QED) is 0.619. The van der Waals surface area contributed by atoms with E-state index in [-0.39, 0.29) is 17.6 Å². The molecule has 0 spiro atoms. The lowest BCUT2D eigenvalue weighted by Crippen LogP contribution is -2.20. The van der Waals surface area contributed by atoms with Gasteiger partial charge in [-0.05, 0) is 37.1 Å². The van der Waals surface area contributed by atoms with E-state index in [1.165, 1.54) is 24.3 Å². The lowest BCUT2D eigenvalue weighted by atomic mass is 10.1. The van der Waals surface area contributed by atoms with Gasteiger partial charge in [0.25, 0.3) is 5.91 Å². The lowest BCUT2D eigenvalue weighted by molar-refractivity contribution is 0.0954. The molecule has 1 rings (SSSR count). The van der Waals surface area contributed by atoms with Crippen molar-refractivity contribution in [1.29, 1.82) is 0 Å². The summed E-state index contributed by atoms with van der Waals surface area (Å²) in [6.45, 7) is 5.82. The van der Waals surface area contributed by atoms with Crippen LogP contribution in [0.3, 0.4) is 0 Å². The van der Waals surface area contributed by atoms with Gasteiger partial charge in [0.2, 0.25) is 0 Å². The number of carbonyl (C=O) groups is 1. The number of nitrogens with one attached hydrogen (secondary N) is 1. The molecule has 0 saturated heterocycles. The number of hydrazone groups is 1. The van der Waals surface area contributed by atoms with Gasteiger partial charge in [-0.1, -0.05) is 13.8 Å². The van der Waals surface area contributed by atoms with Crippen molar-refractivity contribution in [2.24, 2.45) is 11.0 Å². The molecule has 3 nitrogen and oxygen atoms in total. The summed E-state index contributed by atoms with van der Waals surface area (Å²) in [5, 5.41) is 3.95. The summed E-state index contributed by atoms with van der Waals surface area (Å²) in [6.07, 6.45) is 0. The molecule has 0 aromatic heterocycles. The maximum Gasteiger partial charge on any atom is 0.271 e. The number of amides is 1. The number of nitrogens with zero attached hydrogens (tertiary/aromatic N) is 1.